The van der Waals surface area contributed by atoms with Crippen LogP contribution in [0, 0.1) is 6.92 Å². The summed E-state index contributed by atoms with van der Waals surface area (Å²) >= 11 is 12.2. The molecule has 1 aliphatic heterocycles. The van der Waals surface area contributed by atoms with Gasteiger partial charge in [0.25, 0.3) is 0 Å². The van der Waals surface area contributed by atoms with E-state index in [1.165, 1.54) is 0 Å². The van der Waals surface area contributed by atoms with E-state index in [2.05, 4.69) is 28.3 Å². The fourth-order valence-corrected chi connectivity index (χ4v) is 4.52. The molecule has 1 aliphatic rings. The summed E-state index contributed by atoms with van der Waals surface area (Å²) in [4.78, 5) is 21.9. The first-order chi connectivity index (χ1) is 15.5. The molecule has 2 heterocycles. The molecule has 1 N–H and O–H groups in total. The highest BCUT2D eigenvalue weighted by Crippen LogP contribution is 2.27. The molecule has 4 rings (SSSR count). The lowest BCUT2D eigenvalue weighted by atomic mass is 9.93. The number of carbonyl (C=O) groups is 1. The van der Waals surface area contributed by atoms with Crippen molar-refractivity contribution in [2.24, 2.45) is 4.99 Å². The monoisotopic (exact) mass is 465 g/mol. The molecule has 0 aliphatic carbocycles. The molecule has 164 valence electrons. The van der Waals surface area contributed by atoms with Crippen LogP contribution in [-0.2, 0) is 12.8 Å². The summed E-state index contributed by atoms with van der Waals surface area (Å²) in [5.41, 5.74) is 5.99. The van der Waals surface area contributed by atoms with E-state index < -0.39 is 0 Å². The van der Waals surface area contributed by atoms with E-state index >= 15 is 0 Å². The van der Waals surface area contributed by atoms with Gasteiger partial charge in [0.1, 0.15) is 0 Å². The molecule has 3 aromatic rings. The van der Waals surface area contributed by atoms with Crippen LogP contribution in [0.25, 0.3) is 11.1 Å². The number of Topliss-reactive ketones (excluding diaryl/α,β-unsaturated/α-hetero) is 1. The molecule has 4 nitrogen and oxygen atoms in total. The minimum absolute atomic E-state index is 0.0991. The Hall–Kier alpha value is -2.69. The zero-order valence-corrected chi connectivity index (χ0v) is 19.5. The van der Waals surface area contributed by atoms with Crippen molar-refractivity contribution in [2.75, 3.05) is 13.1 Å². The Morgan fingerprint density at radius 1 is 1.00 bits per heavy atom. The highest BCUT2D eigenvalue weighted by molar-refractivity contribution is 6.34. The Morgan fingerprint density at radius 2 is 1.78 bits per heavy atom. The Morgan fingerprint density at radius 3 is 2.50 bits per heavy atom. The van der Waals surface area contributed by atoms with Gasteiger partial charge in [-0.3, -0.25) is 14.8 Å². The number of aromatic nitrogens is 1. The van der Waals surface area contributed by atoms with Gasteiger partial charge in [0.15, 0.2) is 5.78 Å². The van der Waals surface area contributed by atoms with Crippen molar-refractivity contribution in [1.82, 2.24) is 10.3 Å². The van der Waals surface area contributed by atoms with Crippen molar-refractivity contribution >= 4 is 34.8 Å². The average molecular weight is 466 g/mol. The second-order valence-corrected chi connectivity index (χ2v) is 8.94. The Bertz CT molecular complexity index is 1150. The largest absolute Gasteiger partial charge is 0.372 e. The molecule has 0 amide bonds. The summed E-state index contributed by atoms with van der Waals surface area (Å²) in [6.45, 7) is 3.80. The Labute approximate surface area is 198 Å². The van der Waals surface area contributed by atoms with Gasteiger partial charge >= 0.3 is 0 Å². The van der Waals surface area contributed by atoms with Gasteiger partial charge in [-0.05, 0) is 78.4 Å². The number of benzene rings is 2. The van der Waals surface area contributed by atoms with Crippen molar-refractivity contribution in [3.63, 3.8) is 0 Å². The quantitative estimate of drug-likeness (QED) is 0.408. The third kappa shape index (κ3) is 5.76. The third-order valence-corrected chi connectivity index (χ3v) is 6.06. The number of nitrogens with one attached hydrogen (secondary N) is 1. The zero-order chi connectivity index (χ0) is 22.5. The van der Waals surface area contributed by atoms with E-state index in [1.54, 1.807) is 12.3 Å². The van der Waals surface area contributed by atoms with Crippen LogP contribution in [0.4, 0.5) is 0 Å². The summed E-state index contributed by atoms with van der Waals surface area (Å²) in [6, 6.07) is 13.6. The Balaban J connectivity index is 1.58. The number of aliphatic imine (C=N–C) groups is 1. The van der Waals surface area contributed by atoms with Crippen LogP contribution in [-0.4, -0.2) is 29.7 Å². The molecule has 1 aromatic heterocycles. The number of carbonyl (C=O) groups excluding carboxylic acids is 1. The number of amidine groups is 1. The first-order valence-electron chi connectivity index (χ1n) is 10.8. The fraction of sp³-hybridized carbons (Fsp3) is 0.269. The summed E-state index contributed by atoms with van der Waals surface area (Å²) in [5.74, 6) is 1.14. The van der Waals surface area contributed by atoms with Gasteiger partial charge in [0.05, 0.1) is 12.4 Å². The average Bonchev–Trinajstić information content (AvgIpc) is 3.29. The van der Waals surface area contributed by atoms with Gasteiger partial charge in [-0.1, -0.05) is 29.3 Å². The zero-order valence-electron chi connectivity index (χ0n) is 18.0. The summed E-state index contributed by atoms with van der Waals surface area (Å²) in [5, 5.41) is 4.48. The smallest absolute Gasteiger partial charge is 0.163 e. The van der Waals surface area contributed by atoms with Gasteiger partial charge in [-0.2, -0.15) is 0 Å². The molecule has 0 fully saturated rings. The molecule has 0 atom stereocenters. The molecule has 0 saturated heterocycles. The number of hydrogen-bond acceptors (Lipinski definition) is 4. The summed E-state index contributed by atoms with van der Waals surface area (Å²) < 4.78 is 0. The molecule has 0 spiro atoms. The van der Waals surface area contributed by atoms with Crippen LogP contribution in [0.5, 0.6) is 0 Å². The first kappa shape index (κ1) is 22.5. The van der Waals surface area contributed by atoms with Crippen LogP contribution in [0.1, 0.15) is 39.9 Å². The van der Waals surface area contributed by atoms with E-state index in [-0.39, 0.29) is 5.78 Å². The molecule has 0 saturated carbocycles. The number of ketones is 1. The Kier molecular flexibility index (Phi) is 7.23. The second kappa shape index (κ2) is 10.3. The SMILES string of the molecule is Cc1ccncc1-c1cc(CCC2=NCCN2)cc(C(=O)CCc2cc(Cl)cc(Cl)c2)c1. The molecule has 2 aromatic carbocycles. The third-order valence-electron chi connectivity index (χ3n) is 5.62. The van der Waals surface area contributed by atoms with Crippen molar-refractivity contribution in [3.05, 3.63) is 87.2 Å². The lowest BCUT2D eigenvalue weighted by Crippen LogP contribution is -2.18. The van der Waals surface area contributed by atoms with Crippen molar-refractivity contribution in [2.45, 2.75) is 32.6 Å². The predicted molar refractivity (Wildman–Crippen MR) is 132 cm³/mol. The highest BCUT2D eigenvalue weighted by Gasteiger charge is 2.13. The number of nitrogens with zero attached hydrogens (tertiary/aromatic N) is 2. The van der Waals surface area contributed by atoms with E-state index in [9.17, 15) is 4.79 Å². The predicted octanol–water partition coefficient (Wildman–Crippen LogP) is 6.11. The maximum absolute atomic E-state index is 13.2. The minimum atomic E-state index is 0.0991. The maximum atomic E-state index is 13.2. The lowest BCUT2D eigenvalue weighted by Gasteiger charge is -2.12. The van der Waals surface area contributed by atoms with Gasteiger partial charge in [-0.25, -0.2) is 0 Å². The van der Waals surface area contributed by atoms with Crippen molar-refractivity contribution in [3.8, 4) is 11.1 Å². The van der Waals surface area contributed by atoms with Gasteiger partial charge in [0.2, 0.25) is 0 Å². The number of rotatable bonds is 8. The normalized spacial score (nSPS) is 13.0. The standard InChI is InChI=1S/C26H25Cl2N3O/c1-17-6-7-29-16-24(17)20-10-18(3-5-26-30-8-9-31-26)11-21(14-20)25(32)4-2-19-12-22(27)15-23(28)13-19/h6-7,10-16H,2-5,8-9H2,1H3,(H,30,31). The van der Waals surface area contributed by atoms with Gasteiger partial charge < -0.3 is 5.32 Å². The molecule has 32 heavy (non-hydrogen) atoms. The maximum Gasteiger partial charge on any atom is 0.163 e. The number of pyridine rings is 1. The van der Waals surface area contributed by atoms with E-state index in [4.69, 9.17) is 23.2 Å². The minimum Gasteiger partial charge on any atom is -0.372 e. The highest BCUT2D eigenvalue weighted by atomic mass is 35.5. The molecular weight excluding hydrogens is 441 g/mol. The van der Waals surface area contributed by atoms with Crippen molar-refractivity contribution < 1.29 is 4.79 Å². The first-order valence-corrected chi connectivity index (χ1v) is 11.5. The molecule has 0 radical (unpaired) electrons. The van der Waals surface area contributed by atoms with E-state index in [0.717, 1.165) is 65.1 Å². The number of hydrogen-bond donors (Lipinski definition) is 1. The van der Waals surface area contributed by atoms with Crippen LogP contribution < -0.4 is 5.32 Å². The van der Waals surface area contributed by atoms with Crippen LogP contribution in [0.15, 0.2) is 59.9 Å². The molecule has 0 bridgehead atoms. The second-order valence-electron chi connectivity index (χ2n) is 8.07. The molecule has 6 heteroatoms. The van der Waals surface area contributed by atoms with E-state index in [1.807, 2.05) is 36.5 Å². The van der Waals surface area contributed by atoms with Crippen LogP contribution in [0.3, 0.4) is 0 Å². The lowest BCUT2D eigenvalue weighted by molar-refractivity contribution is 0.0982. The van der Waals surface area contributed by atoms with Gasteiger partial charge in [0, 0.05) is 53.0 Å². The summed E-state index contributed by atoms with van der Waals surface area (Å²) in [6.07, 6.45) is 6.28. The van der Waals surface area contributed by atoms with Gasteiger partial charge in [-0.15, -0.1) is 0 Å². The topological polar surface area (TPSA) is 54.4 Å². The van der Waals surface area contributed by atoms with Crippen LogP contribution in [0.2, 0.25) is 10.0 Å². The number of halogens is 2. The van der Waals surface area contributed by atoms with E-state index in [0.29, 0.717) is 22.9 Å². The number of aryl methyl sites for hydroxylation is 3. The van der Waals surface area contributed by atoms with Crippen molar-refractivity contribution in [1.29, 1.82) is 0 Å². The fourth-order valence-electron chi connectivity index (χ4n) is 3.95. The van der Waals surface area contributed by atoms with Crippen LogP contribution >= 0.6 is 23.2 Å². The molecule has 0 unspecified atom stereocenters. The molecular formula is C26H25Cl2N3O. The summed E-state index contributed by atoms with van der Waals surface area (Å²) in [7, 11) is 0.